The molecule has 1 amide bonds. The van der Waals surface area contributed by atoms with Crippen LogP contribution in [0.1, 0.15) is 6.42 Å². The standard InChI is InChI=1S/C3H7N3O3/c4-5-3(7)1-2-6(8)9/h1-2,4H2,(H,5,7). The lowest BCUT2D eigenvalue weighted by molar-refractivity contribution is -0.478. The molecule has 0 aromatic heterocycles. The molecule has 6 nitrogen and oxygen atoms in total. The van der Waals surface area contributed by atoms with Crippen LogP contribution >= 0.6 is 0 Å². The van der Waals surface area contributed by atoms with E-state index in [-0.39, 0.29) is 13.0 Å². The zero-order chi connectivity index (χ0) is 7.28. The first kappa shape index (κ1) is 7.83. The van der Waals surface area contributed by atoms with Gasteiger partial charge in [0, 0.05) is 4.92 Å². The van der Waals surface area contributed by atoms with Crippen molar-refractivity contribution in [2.45, 2.75) is 6.42 Å². The zero-order valence-electron chi connectivity index (χ0n) is 4.66. The fraction of sp³-hybridized carbons (Fsp3) is 0.667. The Morgan fingerprint density at radius 2 is 2.33 bits per heavy atom. The van der Waals surface area contributed by atoms with Crippen molar-refractivity contribution in [1.29, 1.82) is 0 Å². The fourth-order valence-corrected chi connectivity index (χ4v) is 0.265. The molecular formula is C3H7N3O3. The number of hydrogen-bond donors (Lipinski definition) is 2. The Labute approximate surface area is 51.1 Å². The molecule has 52 valence electrons. The van der Waals surface area contributed by atoms with Gasteiger partial charge in [-0.3, -0.25) is 20.3 Å². The number of hydrogen-bond acceptors (Lipinski definition) is 4. The number of nitrogens with zero attached hydrogens (tertiary/aromatic N) is 1. The third-order valence-electron chi connectivity index (χ3n) is 0.682. The molecule has 0 saturated heterocycles. The molecule has 0 aliphatic heterocycles. The summed E-state index contributed by atoms with van der Waals surface area (Å²) in [5.74, 6) is 4.11. The third kappa shape index (κ3) is 4.69. The van der Waals surface area contributed by atoms with E-state index in [2.05, 4.69) is 5.84 Å². The summed E-state index contributed by atoms with van der Waals surface area (Å²) in [5.41, 5.74) is 1.78. The Morgan fingerprint density at radius 3 is 2.67 bits per heavy atom. The number of rotatable bonds is 3. The highest BCUT2D eigenvalue weighted by Gasteiger charge is 2.02. The largest absolute Gasteiger partial charge is 0.294 e. The topological polar surface area (TPSA) is 98.3 Å². The van der Waals surface area contributed by atoms with Gasteiger partial charge in [-0.2, -0.15) is 0 Å². The van der Waals surface area contributed by atoms with Gasteiger partial charge in [-0.05, 0) is 0 Å². The van der Waals surface area contributed by atoms with E-state index in [0.717, 1.165) is 0 Å². The summed E-state index contributed by atoms with van der Waals surface area (Å²) >= 11 is 0. The summed E-state index contributed by atoms with van der Waals surface area (Å²) in [7, 11) is 0. The summed E-state index contributed by atoms with van der Waals surface area (Å²) in [6.07, 6.45) is -0.163. The number of nitro groups is 1. The summed E-state index contributed by atoms with van der Waals surface area (Å²) in [4.78, 5) is 19.2. The Balaban J connectivity index is 3.28. The number of amides is 1. The molecule has 0 aliphatic rings. The first-order chi connectivity index (χ1) is 4.16. The van der Waals surface area contributed by atoms with Gasteiger partial charge in [-0.1, -0.05) is 0 Å². The molecule has 0 unspecified atom stereocenters. The van der Waals surface area contributed by atoms with E-state index in [4.69, 9.17) is 0 Å². The number of nitrogens with one attached hydrogen (secondary N) is 1. The molecule has 0 aliphatic carbocycles. The quantitative estimate of drug-likeness (QED) is 0.215. The van der Waals surface area contributed by atoms with E-state index in [1.54, 1.807) is 5.43 Å². The number of hydrazine groups is 1. The summed E-state index contributed by atoms with van der Waals surface area (Å²) < 4.78 is 0. The second kappa shape index (κ2) is 3.79. The van der Waals surface area contributed by atoms with Crippen molar-refractivity contribution in [2.24, 2.45) is 5.84 Å². The van der Waals surface area contributed by atoms with Crippen LogP contribution in [-0.4, -0.2) is 17.4 Å². The Hall–Kier alpha value is -1.17. The van der Waals surface area contributed by atoms with Crippen LogP contribution in [0.4, 0.5) is 0 Å². The maximum Gasteiger partial charge on any atom is 0.240 e. The van der Waals surface area contributed by atoms with E-state index in [1.165, 1.54) is 0 Å². The summed E-state index contributed by atoms with van der Waals surface area (Å²) in [6, 6.07) is 0. The molecule has 9 heavy (non-hydrogen) atoms. The van der Waals surface area contributed by atoms with E-state index in [0.29, 0.717) is 0 Å². The Bertz CT molecular complexity index is 123. The first-order valence-corrected chi connectivity index (χ1v) is 2.28. The van der Waals surface area contributed by atoms with Gasteiger partial charge >= 0.3 is 0 Å². The van der Waals surface area contributed by atoms with Crippen LogP contribution in [-0.2, 0) is 4.79 Å². The zero-order valence-corrected chi connectivity index (χ0v) is 4.66. The molecule has 0 saturated carbocycles. The van der Waals surface area contributed by atoms with Crippen molar-refractivity contribution in [1.82, 2.24) is 5.43 Å². The second-order valence-corrected chi connectivity index (χ2v) is 1.37. The SMILES string of the molecule is NNC(=O)CC[N+](=O)[O-]. The highest BCUT2D eigenvalue weighted by atomic mass is 16.6. The van der Waals surface area contributed by atoms with Gasteiger partial charge in [-0.15, -0.1) is 0 Å². The Morgan fingerprint density at radius 1 is 1.78 bits per heavy atom. The van der Waals surface area contributed by atoms with Crippen LogP contribution in [0.25, 0.3) is 0 Å². The number of carbonyl (C=O) groups is 1. The molecule has 0 heterocycles. The lowest BCUT2D eigenvalue weighted by atomic mass is 10.4. The highest BCUT2D eigenvalue weighted by Crippen LogP contribution is 1.77. The predicted octanol–water partition coefficient (Wildman–Crippen LogP) is -1.36. The van der Waals surface area contributed by atoms with Gasteiger partial charge < -0.3 is 0 Å². The van der Waals surface area contributed by atoms with Crippen molar-refractivity contribution in [2.75, 3.05) is 6.54 Å². The van der Waals surface area contributed by atoms with Gasteiger partial charge in [0.25, 0.3) is 0 Å². The predicted molar refractivity (Wildman–Crippen MR) is 28.8 cm³/mol. The van der Waals surface area contributed by atoms with Gasteiger partial charge in [0.2, 0.25) is 12.5 Å². The lowest BCUT2D eigenvalue weighted by Crippen LogP contribution is -2.31. The lowest BCUT2D eigenvalue weighted by Gasteiger charge is -1.92. The van der Waals surface area contributed by atoms with Crippen LogP contribution in [0.2, 0.25) is 0 Å². The fourth-order valence-electron chi connectivity index (χ4n) is 0.265. The molecule has 0 radical (unpaired) electrons. The molecule has 0 rings (SSSR count). The molecule has 0 bridgehead atoms. The van der Waals surface area contributed by atoms with Crippen molar-refractivity contribution in [3.8, 4) is 0 Å². The first-order valence-electron chi connectivity index (χ1n) is 2.28. The van der Waals surface area contributed by atoms with Crippen LogP contribution in [0.15, 0.2) is 0 Å². The number of carbonyl (C=O) groups excluding carboxylic acids is 1. The van der Waals surface area contributed by atoms with E-state index in [9.17, 15) is 14.9 Å². The molecule has 0 fully saturated rings. The van der Waals surface area contributed by atoms with Gasteiger partial charge in [0.15, 0.2) is 0 Å². The average molecular weight is 133 g/mol. The van der Waals surface area contributed by atoms with Crippen LogP contribution in [0.5, 0.6) is 0 Å². The van der Waals surface area contributed by atoms with Gasteiger partial charge in [0.1, 0.15) is 0 Å². The van der Waals surface area contributed by atoms with Crippen molar-refractivity contribution in [3.05, 3.63) is 10.1 Å². The minimum atomic E-state index is -0.574. The molecule has 0 atom stereocenters. The summed E-state index contributed by atoms with van der Waals surface area (Å²) in [6.45, 7) is -0.372. The third-order valence-corrected chi connectivity index (χ3v) is 0.682. The summed E-state index contributed by atoms with van der Waals surface area (Å²) in [5, 5.41) is 9.60. The second-order valence-electron chi connectivity index (χ2n) is 1.37. The molecule has 0 spiro atoms. The maximum absolute atomic E-state index is 10.2. The van der Waals surface area contributed by atoms with Crippen LogP contribution in [0.3, 0.4) is 0 Å². The molecule has 0 aromatic rings. The smallest absolute Gasteiger partial charge is 0.240 e. The molecule has 0 aromatic carbocycles. The maximum atomic E-state index is 10.2. The monoisotopic (exact) mass is 133 g/mol. The van der Waals surface area contributed by atoms with Crippen LogP contribution < -0.4 is 11.3 Å². The van der Waals surface area contributed by atoms with Gasteiger partial charge in [0.05, 0.1) is 6.42 Å². The minimum Gasteiger partial charge on any atom is -0.294 e. The van der Waals surface area contributed by atoms with Gasteiger partial charge in [-0.25, -0.2) is 5.84 Å². The van der Waals surface area contributed by atoms with Crippen LogP contribution in [0, 0.1) is 10.1 Å². The molecular weight excluding hydrogens is 126 g/mol. The normalized spacial score (nSPS) is 8.56. The van der Waals surface area contributed by atoms with Crippen molar-refractivity contribution < 1.29 is 9.72 Å². The molecule has 6 heteroatoms. The van der Waals surface area contributed by atoms with E-state index < -0.39 is 10.8 Å². The van der Waals surface area contributed by atoms with Crippen molar-refractivity contribution in [3.63, 3.8) is 0 Å². The van der Waals surface area contributed by atoms with E-state index in [1.807, 2.05) is 0 Å². The van der Waals surface area contributed by atoms with Crippen molar-refractivity contribution >= 4 is 5.91 Å². The van der Waals surface area contributed by atoms with E-state index >= 15 is 0 Å². The minimum absolute atomic E-state index is 0.163. The molecule has 3 N–H and O–H groups in total. The number of nitrogens with two attached hydrogens (primary N) is 1. The highest BCUT2D eigenvalue weighted by molar-refractivity contribution is 5.75. The Kier molecular flexibility index (Phi) is 3.29. The average Bonchev–Trinajstić information content (AvgIpc) is 1.83.